The number of hydrogen-bond donors (Lipinski definition) is 1. The molecule has 4 heterocycles. The highest BCUT2D eigenvalue weighted by molar-refractivity contribution is 5.87. The second kappa shape index (κ2) is 6.90. The Labute approximate surface area is 169 Å². The first-order valence-corrected chi connectivity index (χ1v) is 9.35. The molecule has 1 aromatic carbocycles. The Morgan fingerprint density at radius 1 is 1.17 bits per heavy atom. The predicted octanol–water partition coefficient (Wildman–Crippen LogP) is 3.23. The number of nitrogens with zero attached hydrogens (tertiary/aromatic N) is 6. The summed E-state index contributed by atoms with van der Waals surface area (Å²) >= 11 is 0. The lowest BCUT2D eigenvalue weighted by Gasteiger charge is -2.26. The molecule has 1 unspecified atom stereocenters. The fraction of sp³-hybridized carbons (Fsp3) is 0.200. The Hall–Kier alpha value is -3.82. The van der Waals surface area contributed by atoms with Gasteiger partial charge in [-0.3, -0.25) is 0 Å². The third-order valence-electron chi connectivity index (χ3n) is 5.28. The Kier molecular flexibility index (Phi) is 4.19. The van der Waals surface area contributed by atoms with Crippen molar-refractivity contribution >= 4 is 17.4 Å². The number of anilines is 1. The second-order valence-corrected chi connectivity index (χ2v) is 7.08. The van der Waals surface area contributed by atoms with Crippen molar-refractivity contribution < 1.29 is 18.7 Å². The van der Waals surface area contributed by atoms with Crippen LogP contribution < -0.4 is 4.90 Å². The third kappa shape index (κ3) is 2.97. The van der Waals surface area contributed by atoms with Crippen LogP contribution in [0.2, 0.25) is 0 Å². The van der Waals surface area contributed by atoms with Crippen LogP contribution in [0.15, 0.2) is 49.1 Å². The molecule has 1 saturated heterocycles. The average molecular weight is 410 g/mol. The summed E-state index contributed by atoms with van der Waals surface area (Å²) in [6, 6.07) is 4.93. The van der Waals surface area contributed by atoms with Crippen LogP contribution in [0.25, 0.3) is 11.3 Å². The standard InChI is InChI=1S/C20H16F2N6O2/c21-13-3-4-15(22)14(8-13)16-2-1-6-26(16)18-5-7-27-19(25-18)17(10-24-27)28-11-12(9-23-28)20(29)30/h3-5,7-11,16H,1-2,6H2,(H,29,30). The molecular weight excluding hydrogens is 394 g/mol. The molecule has 0 spiro atoms. The fourth-order valence-corrected chi connectivity index (χ4v) is 3.87. The summed E-state index contributed by atoms with van der Waals surface area (Å²) in [5.74, 6) is -1.41. The normalized spacial score (nSPS) is 16.5. The van der Waals surface area contributed by atoms with Gasteiger partial charge in [-0.2, -0.15) is 10.2 Å². The summed E-state index contributed by atoms with van der Waals surface area (Å²) < 4.78 is 31.1. The summed E-state index contributed by atoms with van der Waals surface area (Å²) in [5, 5.41) is 17.4. The van der Waals surface area contributed by atoms with Crippen molar-refractivity contribution in [1.29, 1.82) is 0 Å². The zero-order chi connectivity index (χ0) is 20.8. The van der Waals surface area contributed by atoms with Crippen LogP contribution in [0.4, 0.5) is 14.6 Å². The lowest BCUT2D eigenvalue weighted by molar-refractivity contribution is 0.0697. The molecule has 0 bridgehead atoms. The van der Waals surface area contributed by atoms with Gasteiger partial charge in [-0.1, -0.05) is 0 Å². The number of benzene rings is 1. The zero-order valence-electron chi connectivity index (χ0n) is 15.6. The van der Waals surface area contributed by atoms with Crippen molar-refractivity contribution in [3.63, 3.8) is 0 Å². The van der Waals surface area contributed by atoms with Crippen LogP contribution >= 0.6 is 0 Å². The number of carbonyl (C=O) groups is 1. The van der Waals surface area contributed by atoms with E-state index in [9.17, 15) is 13.6 Å². The van der Waals surface area contributed by atoms with Gasteiger partial charge in [0.15, 0.2) is 5.65 Å². The topological polar surface area (TPSA) is 88.5 Å². The van der Waals surface area contributed by atoms with E-state index in [1.807, 2.05) is 4.90 Å². The van der Waals surface area contributed by atoms with Gasteiger partial charge < -0.3 is 10.0 Å². The van der Waals surface area contributed by atoms with Gasteiger partial charge in [-0.15, -0.1) is 0 Å². The van der Waals surface area contributed by atoms with Crippen LogP contribution in [-0.4, -0.2) is 42.0 Å². The van der Waals surface area contributed by atoms with E-state index in [1.54, 1.807) is 23.0 Å². The van der Waals surface area contributed by atoms with E-state index in [4.69, 9.17) is 5.11 Å². The van der Waals surface area contributed by atoms with Gasteiger partial charge in [0.25, 0.3) is 0 Å². The maximum absolute atomic E-state index is 14.4. The highest BCUT2D eigenvalue weighted by atomic mass is 19.1. The molecule has 1 aliphatic heterocycles. The highest BCUT2D eigenvalue weighted by Crippen LogP contribution is 2.37. The van der Waals surface area contributed by atoms with Crippen molar-refractivity contribution in [2.75, 3.05) is 11.4 Å². The minimum Gasteiger partial charge on any atom is -0.478 e. The van der Waals surface area contributed by atoms with Gasteiger partial charge in [0, 0.05) is 24.5 Å². The number of aromatic carboxylic acids is 1. The molecule has 4 aromatic rings. The van der Waals surface area contributed by atoms with Gasteiger partial charge in [-0.25, -0.2) is 27.8 Å². The molecular formula is C20H16F2N6O2. The molecule has 8 nitrogen and oxygen atoms in total. The monoisotopic (exact) mass is 410 g/mol. The number of aromatic nitrogens is 5. The van der Waals surface area contributed by atoms with Crippen LogP contribution in [-0.2, 0) is 0 Å². The molecule has 1 atom stereocenters. The van der Waals surface area contributed by atoms with E-state index in [0.29, 0.717) is 35.7 Å². The van der Waals surface area contributed by atoms with Gasteiger partial charge in [0.1, 0.15) is 23.1 Å². The first-order valence-electron chi connectivity index (χ1n) is 9.35. The lowest BCUT2D eigenvalue weighted by Crippen LogP contribution is -2.24. The largest absolute Gasteiger partial charge is 0.478 e. The van der Waals surface area contributed by atoms with E-state index < -0.39 is 17.6 Å². The van der Waals surface area contributed by atoms with E-state index in [0.717, 1.165) is 18.6 Å². The van der Waals surface area contributed by atoms with Crippen molar-refractivity contribution in [3.05, 3.63) is 71.8 Å². The van der Waals surface area contributed by atoms with Gasteiger partial charge in [0.05, 0.1) is 24.0 Å². The van der Waals surface area contributed by atoms with Gasteiger partial charge >= 0.3 is 5.97 Å². The van der Waals surface area contributed by atoms with Crippen LogP contribution in [0.5, 0.6) is 0 Å². The first-order chi connectivity index (χ1) is 14.5. The lowest BCUT2D eigenvalue weighted by atomic mass is 10.0. The summed E-state index contributed by atoms with van der Waals surface area (Å²) in [4.78, 5) is 17.8. The minimum absolute atomic E-state index is 0.0479. The molecule has 3 aromatic heterocycles. The summed E-state index contributed by atoms with van der Waals surface area (Å²) in [7, 11) is 0. The average Bonchev–Trinajstić information content (AvgIpc) is 3.47. The van der Waals surface area contributed by atoms with Crippen LogP contribution in [0, 0.1) is 11.6 Å². The van der Waals surface area contributed by atoms with E-state index in [2.05, 4.69) is 15.2 Å². The van der Waals surface area contributed by atoms with Gasteiger partial charge in [-0.05, 0) is 37.1 Å². The van der Waals surface area contributed by atoms with Crippen molar-refractivity contribution in [3.8, 4) is 5.69 Å². The molecule has 0 radical (unpaired) electrons. The summed E-state index contributed by atoms with van der Waals surface area (Å²) in [6.45, 7) is 0.651. The maximum atomic E-state index is 14.4. The number of halogens is 2. The molecule has 5 rings (SSSR count). The molecule has 10 heteroatoms. The number of rotatable bonds is 4. The smallest absolute Gasteiger partial charge is 0.338 e. The zero-order valence-corrected chi connectivity index (χ0v) is 15.6. The quantitative estimate of drug-likeness (QED) is 0.556. The fourth-order valence-electron chi connectivity index (χ4n) is 3.87. The number of carboxylic acid groups (broad SMARTS) is 1. The van der Waals surface area contributed by atoms with E-state index >= 15 is 0 Å². The molecule has 1 N–H and O–H groups in total. The molecule has 0 aliphatic carbocycles. The van der Waals surface area contributed by atoms with Crippen molar-refractivity contribution in [2.24, 2.45) is 0 Å². The Morgan fingerprint density at radius 2 is 2.03 bits per heavy atom. The predicted molar refractivity (Wildman–Crippen MR) is 103 cm³/mol. The van der Waals surface area contributed by atoms with E-state index in [-0.39, 0.29) is 11.6 Å². The summed E-state index contributed by atoms with van der Waals surface area (Å²) in [5.41, 5.74) is 1.34. The number of carboxylic acids is 1. The van der Waals surface area contributed by atoms with Crippen molar-refractivity contribution in [2.45, 2.75) is 18.9 Å². The third-order valence-corrected chi connectivity index (χ3v) is 5.28. The minimum atomic E-state index is -1.08. The van der Waals surface area contributed by atoms with Crippen LogP contribution in [0.1, 0.15) is 34.8 Å². The number of fused-ring (bicyclic) bond motifs is 1. The Morgan fingerprint density at radius 3 is 2.83 bits per heavy atom. The van der Waals surface area contributed by atoms with Crippen LogP contribution in [0.3, 0.4) is 0 Å². The molecule has 152 valence electrons. The van der Waals surface area contributed by atoms with Crippen molar-refractivity contribution in [1.82, 2.24) is 24.4 Å². The SMILES string of the molecule is O=C(O)c1cnn(-c2cnn3ccc(N4CCCC4c4cc(F)ccc4F)nc23)c1. The first kappa shape index (κ1) is 18.2. The molecule has 0 amide bonds. The highest BCUT2D eigenvalue weighted by Gasteiger charge is 2.30. The summed E-state index contributed by atoms with van der Waals surface area (Å²) in [6.07, 6.45) is 7.40. The van der Waals surface area contributed by atoms with E-state index in [1.165, 1.54) is 23.1 Å². The molecule has 0 saturated carbocycles. The molecule has 1 fully saturated rings. The Bertz CT molecular complexity index is 1270. The second-order valence-electron chi connectivity index (χ2n) is 7.08. The Balaban J connectivity index is 1.56. The maximum Gasteiger partial charge on any atom is 0.338 e. The molecule has 1 aliphatic rings. The molecule has 30 heavy (non-hydrogen) atoms. The number of hydrogen-bond acceptors (Lipinski definition) is 5. The van der Waals surface area contributed by atoms with Gasteiger partial charge in [0.2, 0.25) is 0 Å².